The summed E-state index contributed by atoms with van der Waals surface area (Å²) in [6.07, 6.45) is -0.486. The van der Waals surface area contributed by atoms with Crippen LogP contribution in [0.3, 0.4) is 0 Å². The van der Waals surface area contributed by atoms with Crippen molar-refractivity contribution in [2.24, 2.45) is 0 Å². The first-order valence-electron chi connectivity index (χ1n) is 5.19. The third-order valence-corrected chi connectivity index (χ3v) is 2.37. The summed E-state index contributed by atoms with van der Waals surface area (Å²) in [7, 11) is 0. The summed E-state index contributed by atoms with van der Waals surface area (Å²) in [5.41, 5.74) is 1.44. The second-order valence-electron chi connectivity index (χ2n) is 3.57. The van der Waals surface area contributed by atoms with Crippen molar-refractivity contribution >= 4 is 5.97 Å². The number of para-hydroxylation sites is 1. The van der Waals surface area contributed by atoms with E-state index in [2.05, 4.69) is 0 Å². The predicted octanol–water partition coefficient (Wildman–Crippen LogP) is 1.73. The number of carboxylic acid groups (broad SMARTS) is 1. The van der Waals surface area contributed by atoms with E-state index in [0.29, 0.717) is 17.7 Å². The van der Waals surface area contributed by atoms with Crippen LogP contribution in [0.5, 0.6) is 5.75 Å². The zero-order valence-corrected chi connectivity index (χ0v) is 9.43. The van der Waals surface area contributed by atoms with Gasteiger partial charge in [-0.25, -0.2) is 4.79 Å². The van der Waals surface area contributed by atoms with Gasteiger partial charge in [0, 0.05) is 5.56 Å². The van der Waals surface area contributed by atoms with Gasteiger partial charge < -0.3 is 14.9 Å². The highest BCUT2D eigenvalue weighted by Gasteiger charge is 2.19. The molecule has 88 valence electrons. The minimum absolute atomic E-state index is 0.160. The number of carboxylic acids is 1. The van der Waals surface area contributed by atoms with Gasteiger partial charge in [0.15, 0.2) is 6.10 Å². The van der Waals surface area contributed by atoms with Gasteiger partial charge in [-0.1, -0.05) is 25.1 Å². The van der Waals surface area contributed by atoms with Crippen molar-refractivity contribution in [2.75, 3.05) is 0 Å². The van der Waals surface area contributed by atoms with Crippen LogP contribution < -0.4 is 4.74 Å². The molecule has 0 saturated carbocycles. The third-order valence-electron chi connectivity index (χ3n) is 2.37. The van der Waals surface area contributed by atoms with Crippen LogP contribution in [0.15, 0.2) is 18.2 Å². The van der Waals surface area contributed by atoms with Crippen molar-refractivity contribution in [3.8, 4) is 5.75 Å². The number of hydrogen-bond acceptors (Lipinski definition) is 3. The molecule has 1 unspecified atom stereocenters. The number of carbonyl (C=O) groups is 1. The van der Waals surface area contributed by atoms with E-state index >= 15 is 0 Å². The smallest absolute Gasteiger partial charge is 0.344 e. The average Bonchev–Trinajstić information content (AvgIpc) is 2.26. The molecule has 0 saturated heterocycles. The number of aliphatic hydroxyl groups is 1. The lowest BCUT2D eigenvalue weighted by Crippen LogP contribution is -2.26. The molecular formula is C12H16O4. The number of rotatable bonds is 5. The molecule has 0 fully saturated rings. The van der Waals surface area contributed by atoms with Crippen molar-refractivity contribution in [2.45, 2.75) is 33.0 Å². The largest absolute Gasteiger partial charge is 0.479 e. The SMILES string of the molecule is CCC(Oc1c(C)cccc1CO)C(=O)O. The summed E-state index contributed by atoms with van der Waals surface area (Å²) in [6, 6.07) is 5.34. The monoisotopic (exact) mass is 224 g/mol. The molecule has 1 aromatic rings. The Bertz CT molecular complexity index is 373. The van der Waals surface area contributed by atoms with E-state index in [4.69, 9.17) is 14.9 Å². The van der Waals surface area contributed by atoms with Gasteiger partial charge >= 0.3 is 5.97 Å². The Labute approximate surface area is 94.5 Å². The number of ether oxygens (including phenoxy) is 1. The first kappa shape index (κ1) is 12.5. The Hall–Kier alpha value is -1.55. The Balaban J connectivity index is 2.98. The summed E-state index contributed by atoms with van der Waals surface area (Å²) in [4.78, 5) is 10.9. The average molecular weight is 224 g/mol. The normalized spacial score (nSPS) is 12.2. The number of aliphatic carboxylic acids is 1. The van der Waals surface area contributed by atoms with Gasteiger partial charge in [-0.3, -0.25) is 0 Å². The van der Waals surface area contributed by atoms with Crippen LogP contribution >= 0.6 is 0 Å². The quantitative estimate of drug-likeness (QED) is 0.799. The maximum Gasteiger partial charge on any atom is 0.344 e. The Morgan fingerprint density at radius 3 is 2.69 bits per heavy atom. The van der Waals surface area contributed by atoms with Crippen LogP contribution in [0, 0.1) is 6.92 Å². The molecule has 0 heterocycles. The predicted molar refractivity (Wildman–Crippen MR) is 59.4 cm³/mol. The van der Waals surface area contributed by atoms with Crippen LogP contribution in [0.4, 0.5) is 0 Å². The van der Waals surface area contributed by atoms with Crippen LogP contribution in [-0.4, -0.2) is 22.3 Å². The van der Waals surface area contributed by atoms with Gasteiger partial charge in [0.05, 0.1) is 6.61 Å². The molecule has 0 aromatic heterocycles. The van der Waals surface area contributed by atoms with E-state index in [9.17, 15) is 4.79 Å². The molecule has 2 N–H and O–H groups in total. The van der Waals surface area contributed by atoms with Crippen LogP contribution in [-0.2, 0) is 11.4 Å². The van der Waals surface area contributed by atoms with Crippen molar-refractivity contribution < 1.29 is 19.7 Å². The van der Waals surface area contributed by atoms with Gasteiger partial charge in [0.25, 0.3) is 0 Å². The van der Waals surface area contributed by atoms with Gasteiger partial charge in [-0.05, 0) is 18.9 Å². The molecule has 1 atom stereocenters. The fraction of sp³-hybridized carbons (Fsp3) is 0.417. The standard InChI is InChI=1S/C12H16O4/c1-3-10(12(14)15)16-11-8(2)5-4-6-9(11)7-13/h4-6,10,13H,3,7H2,1-2H3,(H,14,15). The summed E-state index contributed by atoms with van der Waals surface area (Å²) in [6.45, 7) is 3.41. The zero-order valence-electron chi connectivity index (χ0n) is 9.43. The Morgan fingerprint density at radius 1 is 1.50 bits per heavy atom. The van der Waals surface area contributed by atoms with Crippen molar-refractivity contribution in [1.82, 2.24) is 0 Å². The Morgan fingerprint density at radius 2 is 2.19 bits per heavy atom. The lowest BCUT2D eigenvalue weighted by molar-refractivity contribution is -0.145. The zero-order chi connectivity index (χ0) is 12.1. The van der Waals surface area contributed by atoms with E-state index in [1.165, 1.54) is 0 Å². The second-order valence-corrected chi connectivity index (χ2v) is 3.57. The van der Waals surface area contributed by atoms with Crippen molar-refractivity contribution in [3.05, 3.63) is 29.3 Å². The van der Waals surface area contributed by atoms with Crippen molar-refractivity contribution in [1.29, 1.82) is 0 Å². The highest BCUT2D eigenvalue weighted by atomic mass is 16.5. The number of aliphatic hydroxyl groups excluding tert-OH is 1. The molecule has 16 heavy (non-hydrogen) atoms. The molecular weight excluding hydrogens is 208 g/mol. The van der Waals surface area contributed by atoms with Crippen LogP contribution in [0.25, 0.3) is 0 Å². The van der Waals surface area contributed by atoms with Gasteiger partial charge in [-0.15, -0.1) is 0 Å². The lowest BCUT2D eigenvalue weighted by Gasteiger charge is -2.17. The second kappa shape index (κ2) is 5.51. The van der Waals surface area contributed by atoms with E-state index < -0.39 is 12.1 Å². The first-order chi connectivity index (χ1) is 7.60. The Kier molecular flexibility index (Phi) is 4.31. The van der Waals surface area contributed by atoms with E-state index in [1.807, 2.05) is 13.0 Å². The molecule has 0 spiro atoms. The highest BCUT2D eigenvalue weighted by Crippen LogP contribution is 2.25. The summed E-state index contributed by atoms with van der Waals surface area (Å²) < 4.78 is 5.42. The van der Waals surface area contributed by atoms with Crippen molar-refractivity contribution in [3.63, 3.8) is 0 Å². The van der Waals surface area contributed by atoms with Crippen LogP contribution in [0.1, 0.15) is 24.5 Å². The number of aryl methyl sites for hydroxylation is 1. The van der Waals surface area contributed by atoms with Gasteiger partial charge in [-0.2, -0.15) is 0 Å². The summed E-state index contributed by atoms with van der Waals surface area (Å²) >= 11 is 0. The van der Waals surface area contributed by atoms with Crippen LogP contribution in [0.2, 0.25) is 0 Å². The number of hydrogen-bond donors (Lipinski definition) is 2. The molecule has 0 radical (unpaired) electrons. The molecule has 4 nitrogen and oxygen atoms in total. The number of benzene rings is 1. The molecule has 0 aliphatic heterocycles. The fourth-order valence-electron chi connectivity index (χ4n) is 1.46. The maximum atomic E-state index is 10.9. The fourth-order valence-corrected chi connectivity index (χ4v) is 1.46. The summed E-state index contributed by atoms with van der Waals surface area (Å²) in [5, 5.41) is 18.0. The molecule has 0 bridgehead atoms. The molecule has 0 aliphatic rings. The molecule has 0 aliphatic carbocycles. The van der Waals surface area contributed by atoms with Gasteiger partial charge in [0.2, 0.25) is 0 Å². The van der Waals surface area contributed by atoms with E-state index in [-0.39, 0.29) is 6.61 Å². The van der Waals surface area contributed by atoms with Gasteiger partial charge in [0.1, 0.15) is 5.75 Å². The molecule has 4 heteroatoms. The lowest BCUT2D eigenvalue weighted by atomic mass is 10.1. The first-order valence-corrected chi connectivity index (χ1v) is 5.19. The topological polar surface area (TPSA) is 66.8 Å². The highest BCUT2D eigenvalue weighted by molar-refractivity contribution is 5.72. The summed E-state index contributed by atoms with van der Waals surface area (Å²) in [5.74, 6) is -0.520. The minimum atomic E-state index is -0.991. The van der Waals surface area contributed by atoms with E-state index in [1.54, 1.807) is 19.1 Å². The maximum absolute atomic E-state index is 10.9. The molecule has 0 amide bonds. The minimum Gasteiger partial charge on any atom is -0.479 e. The molecule has 1 rings (SSSR count). The third kappa shape index (κ3) is 2.73. The molecule has 1 aromatic carbocycles. The van der Waals surface area contributed by atoms with E-state index in [0.717, 1.165) is 5.56 Å².